The number of ketones is 1. The molecule has 0 bridgehead atoms. The second-order valence-corrected chi connectivity index (χ2v) is 6.19. The standard InChI is InChI=1S/C23H20F2O4/c1-2-16-6-8-18(9-7-16)27-15-21-11-10-19(28-21)12-13-22(26)17-4-3-5-20(14-17)29-23(24)25/h3-14,23H,2,15H2,1H3/b13-12+. The molecule has 0 N–H and O–H groups in total. The number of aryl methyl sites for hydroxylation is 1. The van der Waals surface area contributed by atoms with Gasteiger partial charge in [0, 0.05) is 5.56 Å². The lowest BCUT2D eigenvalue weighted by Gasteiger charge is -2.05. The third kappa shape index (κ3) is 6.04. The van der Waals surface area contributed by atoms with Crippen molar-refractivity contribution in [2.45, 2.75) is 26.6 Å². The monoisotopic (exact) mass is 398 g/mol. The van der Waals surface area contributed by atoms with Crippen molar-refractivity contribution in [2.75, 3.05) is 0 Å². The highest BCUT2D eigenvalue weighted by Gasteiger charge is 2.08. The zero-order chi connectivity index (χ0) is 20.6. The van der Waals surface area contributed by atoms with Crippen LogP contribution >= 0.6 is 0 Å². The van der Waals surface area contributed by atoms with Gasteiger partial charge in [0.15, 0.2) is 5.78 Å². The predicted octanol–water partition coefficient (Wildman–Crippen LogP) is 5.92. The summed E-state index contributed by atoms with van der Waals surface area (Å²) in [5.41, 5.74) is 1.48. The van der Waals surface area contributed by atoms with Gasteiger partial charge in [-0.15, -0.1) is 0 Å². The fourth-order valence-corrected chi connectivity index (χ4v) is 2.62. The number of carbonyl (C=O) groups is 1. The van der Waals surface area contributed by atoms with Crippen molar-refractivity contribution in [2.24, 2.45) is 0 Å². The third-order valence-corrected chi connectivity index (χ3v) is 4.14. The molecule has 150 valence electrons. The van der Waals surface area contributed by atoms with Gasteiger partial charge in [0.05, 0.1) is 0 Å². The Bertz CT molecular complexity index is 975. The minimum Gasteiger partial charge on any atom is -0.486 e. The Kier molecular flexibility index (Phi) is 6.79. The number of alkyl halides is 2. The highest BCUT2D eigenvalue weighted by Crippen LogP contribution is 2.18. The van der Waals surface area contributed by atoms with Gasteiger partial charge in [-0.1, -0.05) is 31.2 Å². The summed E-state index contributed by atoms with van der Waals surface area (Å²) >= 11 is 0. The normalized spacial score (nSPS) is 11.2. The molecule has 4 nitrogen and oxygen atoms in total. The zero-order valence-electron chi connectivity index (χ0n) is 15.8. The van der Waals surface area contributed by atoms with Crippen LogP contribution in [-0.2, 0) is 13.0 Å². The minimum absolute atomic E-state index is 0.0661. The number of carbonyl (C=O) groups excluding carboxylic acids is 1. The van der Waals surface area contributed by atoms with Gasteiger partial charge in [-0.25, -0.2) is 0 Å². The maximum atomic E-state index is 12.3. The van der Waals surface area contributed by atoms with Gasteiger partial charge in [-0.05, 0) is 60.5 Å². The summed E-state index contributed by atoms with van der Waals surface area (Å²) in [6, 6.07) is 17.0. The third-order valence-electron chi connectivity index (χ3n) is 4.14. The van der Waals surface area contributed by atoms with Gasteiger partial charge in [-0.2, -0.15) is 8.78 Å². The summed E-state index contributed by atoms with van der Waals surface area (Å²) in [5, 5.41) is 0. The van der Waals surface area contributed by atoms with Crippen molar-refractivity contribution < 1.29 is 27.5 Å². The molecule has 29 heavy (non-hydrogen) atoms. The zero-order valence-corrected chi connectivity index (χ0v) is 15.8. The van der Waals surface area contributed by atoms with Crippen molar-refractivity contribution in [3.63, 3.8) is 0 Å². The summed E-state index contributed by atoms with van der Waals surface area (Å²) in [5.74, 6) is 1.43. The molecular weight excluding hydrogens is 378 g/mol. The molecule has 1 heterocycles. The molecule has 0 aliphatic rings. The van der Waals surface area contributed by atoms with Crippen LogP contribution in [0.15, 0.2) is 71.2 Å². The lowest BCUT2D eigenvalue weighted by molar-refractivity contribution is -0.0498. The largest absolute Gasteiger partial charge is 0.486 e. The number of hydrogen-bond donors (Lipinski definition) is 0. The average molecular weight is 398 g/mol. The van der Waals surface area contributed by atoms with E-state index in [0.717, 1.165) is 12.2 Å². The van der Waals surface area contributed by atoms with Crippen molar-refractivity contribution in [3.05, 3.63) is 89.4 Å². The fourth-order valence-electron chi connectivity index (χ4n) is 2.62. The van der Waals surface area contributed by atoms with E-state index in [0.29, 0.717) is 11.5 Å². The summed E-state index contributed by atoms with van der Waals surface area (Å²) in [6.07, 6.45) is 3.80. The van der Waals surface area contributed by atoms with Crippen molar-refractivity contribution in [1.29, 1.82) is 0 Å². The molecule has 0 saturated heterocycles. The summed E-state index contributed by atoms with van der Waals surface area (Å²) in [7, 11) is 0. The van der Waals surface area contributed by atoms with Gasteiger partial charge in [0.1, 0.15) is 29.6 Å². The van der Waals surface area contributed by atoms with E-state index >= 15 is 0 Å². The van der Waals surface area contributed by atoms with Crippen LogP contribution in [-0.4, -0.2) is 12.4 Å². The molecule has 6 heteroatoms. The summed E-state index contributed by atoms with van der Waals surface area (Å²) < 4.78 is 40.2. The van der Waals surface area contributed by atoms with E-state index in [1.54, 1.807) is 12.1 Å². The van der Waals surface area contributed by atoms with E-state index in [-0.39, 0.29) is 23.7 Å². The van der Waals surface area contributed by atoms with Gasteiger partial charge in [0.2, 0.25) is 0 Å². The number of halogens is 2. The van der Waals surface area contributed by atoms with E-state index in [2.05, 4.69) is 11.7 Å². The Hall–Kier alpha value is -3.41. The van der Waals surface area contributed by atoms with Crippen LogP contribution in [0.2, 0.25) is 0 Å². The maximum Gasteiger partial charge on any atom is 0.387 e. The minimum atomic E-state index is -2.94. The lowest BCUT2D eigenvalue weighted by Crippen LogP contribution is -2.03. The molecule has 0 fully saturated rings. The molecule has 0 amide bonds. The highest BCUT2D eigenvalue weighted by molar-refractivity contribution is 6.06. The number of allylic oxidation sites excluding steroid dienone is 1. The van der Waals surface area contributed by atoms with E-state index in [1.165, 1.54) is 42.0 Å². The Balaban J connectivity index is 1.57. The number of furan rings is 1. The van der Waals surface area contributed by atoms with E-state index in [4.69, 9.17) is 9.15 Å². The highest BCUT2D eigenvalue weighted by atomic mass is 19.3. The van der Waals surface area contributed by atoms with Crippen molar-refractivity contribution in [1.82, 2.24) is 0 Å². The molecule has 1 aromatic heterocycles. The van der Waals surface area contributed by atoms with Crippen LogP contribution in [0.5, 0.6) is 11.5 Å². The molecule has 2 aromatic carbocycles. The van der Waals surface area contributed by atoms with Gasteiger partial charge < -0.3 is 13.9 Å². The fraction of sp³-hybridized carbons (Fsp3) is 0.174. The molecule has 0 atom stereocenters. The SMILES string of the molecule is CCc1ccc(OCc2ccc(/C=C/C(=O)c3cccc(OC(F)F)c3)o2)cc1. The van der Waals surface area contributed by atoms with Crippen LogP contribution < -0.4 is 9.47 Å². The van der Waals surface area contributed by atoms with Crippen LogP contribution in [0.3, 0.4) is 0 Å². The first-order valence-electron chi connectivity index (χ1n) is 9.11. The van der Waals surface area contributed by atoms with Crippen molar-refractivity contribution >= 4 is 11.9 Å². The Morgan fingerprint density at radius 1 is 1.07 bits per heavy atom. The number of ether oxygens (including phenoxy) is 2. The Labute approximate surface area is 167 Å². The molecule has 0 aliphatic heterocycles. The molecule has 0 unspecified atom stereocenters. The number of benzene rings is 2. The molecule has 3 aromatic rings. The Morgan fingerprint density at radius 3 is 2.59 bits per heavy atom. The smallest absolute Gasteiger partial charge is 0.387 e. The number of rotatable bonds is 9. The Morgan fingerprint density at radius 2 is 1.86 bits per heavy atom. The number of hydrogen-bond acceptors (Lipinski definition) is 4. The van der Waals surface area contributed by atoms with E-state index in [1.807, 2.05) is 24.3 Å². The molecule has 0 radical (unpaired) electrons. The predicted molar refractivity (Wildman–Crippen MR) is 105 cm³/mol. The average Bonchev–Trinajstić information content (AvgIpc) is 3.18. The van der Waals surface area contributed by atoms with Crippen molar-refractivity contribution in [3.8, 4) is 11.5 Å². The van der Waals surface area contributed by atoms with Crippen LogP contribution in [0.25, 0.3) is 6.08 Å². The van der Waals surface area contributed by atoms with Gasteiger partial charge in [-0.3, -0.25) is 4.79 Å². The maximum absolute atomic E-state index is 12.3. The van der Waals surface area contributed by atoms with E-state index < -0.39 is 6.61 Å². The first-order valence-corrected chi connectivity index (χ1v) is 9.11. The summed E-state index contributed by atoms with van der Waals surface area (Å²) in [4.78, 5) is 12.2. The quantitative estimate of drug-likeness (QED) is 0.332. The lowest BCUT2D eigenvalue weighted by atomic mass is 10.1. The van der Waals surface area contributed by atoms with E-state index in [9.17, 15) is 13.6 Å². The van der Waals surface area contributed by atoms with Crippen LogP contribution in [0, 0.1) is 0 Å². The first-order chi connectivity index (χ1) is 14.0. The molecule has 0 saturated carbocycles. The second-order valence-electron chi connectivity index (χ2n) is 6.19. The second kappa shape index (κ2) is 9.68. The molecule has 0 spiro atoms. The summed E-state index contributed by atoms with van der Waals surface area (Å²) in [6.45, 7) is -0.587. The van der Waals surface area contributed by atoms with Gasteiger partial charge in [0.25, 0.3) is 0 Å². The van der Waals surface area contributed by atoms with Crippen LogP contribution in [0.1, 0.15) is 34.4 Å². The topological polar surface area (TPSA) is 48.7 Å². The van der Waals surface area contributed by atoms with Gasteiger partial charge >= 0.3 is 6.61 Å². The van der Waals surface area contributed by atoms with Crippen LogP contribution in [0.4, 0.5) is 8.78 Å². The molecule has 0 aliphatic carbocycles. The first kappa shape index (κ1) is 20.3. The molecule has 3 rings (SSSR count). The molecular formula is C23H20F2O4.